The second-order valence-electron chi connectivity index (χ2n) is 16.2. The van der Waals surface area contributed by atoms with E-state index >= 15 is 0 Å². The van der Waals surface area contributed by atoms with E-state index in [1.165, 1.54) is 33.6 Å². The zero-order valence-electron chi connectivity index (χ0n) is 41.9. The first kappa shape index (κ1) is 65.6. The van der Waals surface area contributed by atoms with Crippen molar-refractivity contribution >= 4 is 29.8 Å². The number of carbonyl (C=O) groups is 1. The van der Waals surface area contributed by atoms with Gasteiger partial charge in [-0.1, -0.05) is 20.1 Å². The van der Waals surface area contributed by atoms with E-state index in [-0.39, 0.29) is 75.6 Å². The molecule has 400 valence electrons. The summed E-state index contributed by atoms with van der Waals surface area (Å²) in [6.45, 7) is 17.0. The second kappa shape index (κ2) is 34.8. The maximum absolute atomic E-state index is 11.4. The third-order valence-electron chi connectivity index (χ3n) is 10.9. The molecule has 24 nitrogen and oxygen atoms in total. The average Bonchev–Trinajstić information content (AvgIpc) is 3.30. The van der Waals surface area contributed by atoms with E-state index in [9.17, 15) is 34.5 Å². The summed E-state index contributed by atoms with van der Waals surface area (Å²) < 4.78 is 43.9. The molecule has 0 aromatic rings. The Balaban J connectivity index is 0.00000103. The van der Waals surface area contributed by atoms with Gasteiger partial charge in [-0.2, -0.15) is 0 Å². The molecule has 0 saturated heterocycles. The number of nitrogens with zero attached hydrogens (tertiary/aromatic N) is 1. The van der Waals surface area contributed by atoms with E-state index < -0.39 is 67.3 Å². The Kier molecular flexibility index (Phi) is 32.1. The number of methoxy groups -OCH3 is 5. The molecule has 0 aliphatic carbocycles. The largest absolute Gasteiger partial charge is 0.493 e. The Morgan fingerprint density at radius 2 is 1.21 bits per heavy atom. The maximum atomic E-state index is 11.4. The van der Waals surface area contributed by atoms with Crippen molar-refractivity contribution in [2.75, 3.05) is 55.4 Å². The van der Waals surface area contributed by atoms with Crippen LogP contribution < -0.4 is 38.1 Å². The van der Waals surface area contributed by atoms with Gasteiger partial charge < -0.3 is 96.4 Å². The standard InChI is InChI=1S/C17H28N2O4.C15H24N4O7.C14H22N2O5.W/c1-11(2)19-14-9-12(3)23-17(16(14)18-7-8-20)13(4)15(22-6)10-21-5;1-23-7-10(24-2)12(25-3)13-11(18-4-5-20)8(19-15(16)17)6-9(26-13)14(21)22;1-8(2)16-10-6-9(3)21-14(12(10)15-4-5-17)13(20)11(19)7-18;/h7,9,13-19H,1,10H2,2-6H3;4,6,8,10-13,18H,7H2,1-3H3,(H,21,22)(H4,16,17,19);4,6,10-16,18-20H,1,7H2,2-3H3;/t13?,14?,15?,16?,17-;8?,10?,11?,12?,13-;10?,11?,12?,13?,14-;/m011./s1. The predicted molar refractivity (Wildman–Crippen MR) is 257 cm³/mol. The molecule has 3 rings (SSSR count). The number of nitrogens with one attached hydrogen (secondary N) is 5. The van der Waals surface area contributed by atoms with Crippen LogP contribution in [0, 0.1) is 5.92 Å². The van der Waals surface area contributed by atoms with E-state index in [1.807, 2.05) is 26.8 Å². The first-order valence-corrected chi connectivity index (χ1v) is 21.9. The zero-order chi connectivity index (χ0) is 53.1. The molecule has 0 amide bonds. The van der Waals surface area contributed by atoms with Crippen molar-refractivity contribution in [3.8, 4) is 0 Å². The third kappa shape index (κ3) is 21.4. The van der Waals surface area contributed by atoms with Gasteiger partial charge in [-0.15, -0.1) is 0 Å². The topological polar surface area (TPSA) is 348 Å². The quantitative estimate of drug-likeness (QED) is 0.0257. The number of rotatable bonds is 26. The van der Waals surface area contributed by atoms with Gasteiger partial charge in [0.1, 0.15) is 54.4 Å². The number of carboxylic acids is 1. The van der Waals surface area contributed by atoms with Crippen LogP contribution in [0.3, 0.4) is 0 Å². The van der Waals surface area contributed by atoms with Crippen molar-refractivity contribution in [1.82, 2.24) is 26.6 Å². The molecule has 0 aromatic carbocycles. The van der Waals surface area contributed by atoms with Crippen LogP contribution in [0.2, 0.25) is 0 Å². The Bertz CT molecular complexity index is 1940. The molecule has 0 saturated carbocycles. The maximum Gasteiger partial charge on any atom is 0.370 e. The fourth-order valence-corrected chi connectivity index (χ4v) is 7.80. The molecule has 0 spiro atoms. The van der Waals surface area contributed by atoms with Crippen LogP contribution in [-0.2, 0) is 78.1 Å². The number of hydrogen-bond donors (Lipinski definition) is 11. The molecule has 12 unspecified atom stereocenters. The number of hydrogen-bond acceptors (Lipinski definition) is 21. The summed E-state index contributed by atoms with van der Waals surface area (Å²) in [5, 5.41) is 53.1. The number of aliphatic hydroxyl groups is 3. The molecule has 0 bridgehead atoms. The van der Waals surface area contributed by atoms with E-state index in [1.54, 1.807) is 52.0 Å². The van der Waals surface area contributed by atoms with Crippen molar-refractivity contribution in [2.45, 2.75) is 120 Å². The molecule has 3 aliphatic rings. The molecule has 3 heterocycles. The monoisotopic (exact) mass is 1180 g/mol. The second-order valence-corrected chi connectivity index (χ2v) is 16.2. The molecule has 15 atom stereocenters. The van der Waals surface area contributed by atoms with Gasteiger partial charge in [-0.25, -0.2) is 24.2 Å². The molecule has 71 heavy (non-hydrogen) atoms. The number of carbonyl (C=O) groups excluding carboxylic acids is 3. The minimum atomic E-state index is -1.35. The Morgan fingerprint density at radius 3 is 1.61 bits per heavy atom. The minimum absolute atomic E-state index is 0. The van der Waals surface area contributed by atoms with Crippen molar-refractivity contribution in [3.05, 3.63) is 78.7 Å². The molecule has 0 aromatic heterocycles. The van der Waals surface area contributed by atoms with Crippen LogP contribution in [-0.4, -0.2) is 191 Å². The Labute approximate surface area is 429 Å². The van der Waals surface area contributed by atoms with Crippen LogP contribution in [0.25, 0.3) is 0 Å². The molecule has 0 fully saturated rings. The first-order chi connectivity index (χ1) is 33.2. The van der Waals surface area contributed by atoms with Gasteiger partial charge in [0.05, 0.1) is 92.3 Å². The van der Waals surface area contributed by atoms with Crippen LogP contribution >= 0.6 is 0 Å². The number of ether oxygens (including phenoxy) is 8. The average molecular weight is 1180 g/mol. The van der Waals surface area contributed by atoms with Gasteiger partial charge in [0.2, 0.25) is 5.76 Å². The summed E-state index contributed by atoms with van der Waals surface area (Å²) in [5.74, 6) is 4.44. The van der Waals surface area contributed by atoms with Gasteiger partial charge in [0.25, 0.3) is 0 Å². The van der Waals surface area contributed by atoms with Crippen LogP contribution in [0.4, 0.5) is 0 Å². The molecular weight excluding hydrogens is 1100 g/mol. The molecule has 13 N–H and O–H groups in total. The van der Waals surface area contributed by atoms with Crippen LogP contribution in [0.1, 0.15) is 34.6 Å². The third-order valence-corrected chi connectivity index (χ3v) is 10.9. The van der Waals surface area contributed by atoms with E-state index in [2.05, 4.69) is 44.7 Å². The first-order valence-electron chi connectivity index (χ1n) is 21.9. The number of carboxylic acid groups (broad SMARTS) is 1. The Morgan fingerprint density at radius 1 is 0.761 bits per heavy atom. The molecule has 3 aliphatic heterocycles. The van der Waals surface area contributed by atoms with Gasteiger partial charge in [0.15, 0.2) is 12.1 Å². The molecule has 25 heteroatoms. The summed E-state index contributed by atoms with van der Waals surface area (Å²) >= 11 is 0. The summed E-state index contributed by atoms with van der Waals surface area (Å²) in [7, 11) is 7.64. The van der Waals surface area contributed by atoms with Crippen LogP contribution in [0.5, 0.6) is 0 Å². The van der Waals surface area contributed by atoms with Gasteiger partial charge in [0, 0.05) is 73.9 Å². The number of nitrogens with two attached hydrogens (primary N) is 2. The molecular formula is C46H74N8O16W. The fraction of sp³-hybridized carbons (Fsp3) is 0.609. The normalized spacial score (nSPS) is 25.5. The van der Waals surface area contributed by atoms with E-state index in [0.29, 0.717) is 18.1 Å². The minimum Gasteiger partial charge on any atom is -0.493 e. The van der Waals surface area contributed by atoms with Gasteiger partial charge in [-0.05, 0) is 45.9 Å². The molecule has 0 radical (unpaired) electrons. The number of allylic oxidation sites excluding steroid dienone is 4. The van der Waals surface area contributed by atoms with Crippen molar-refractivity contribution in [1.29, 1.82) is 0 Å². The zero-order valence-corrected chi connectivity index (χ0v) is 44.8. The van der Waals surface area contributed by atoms with Gasteiger partial charge >= 0.3 is 5.97 Å². The van der Waals surface area contributed by atoms with Crippen molar-refractivity contribution in [3.63, 3.8) is 0 Å². The van der Waals surface area contributed by atoms with Crippen molar-refractivity contribution < 1.29 is 98.6 Å². The summed E-state index contributed by atoms with van der Waals surface area (Å²) in [6.07, 6.45) is 2.20. The fourth-order valence-electron chi connectivity index (χ4n) is 7.80. The van der Waals surface area contributed by atoms with E-state index in [0.717, 1.165) is 23.9 Å². The summed E-state index contributed by atoms with van der Waals surface area (Å²) in [5.41, 5.74) is 12.4. The van der Waals surface area contributed by atoms with Crippen LogP contribution in [0.15, 0.2) is 83.6 Å². The van der Waals surface area contributed by atoms with E-state index in [4.69, 9.17) is 54.5 Å². The Hall–Kier alpha value is -5.44. The van der Waals surface area contributed by atoms with Gasteiger partial charge in [-0.3, -0.25) is 0 Å². The predicted octanol–water partition coefficient (Wildman–Crippen LogP) is -1.85. The smallest absolute Gasteiger partial charge is 0.370 e. The number of aliphatic hydroxyl groups excluding tert-OH is 3. The number of aliphatic carboxylic acids is 1. The number of aliphatic imine (C=N–C) groups is 1. The SMILES string of the molecule is C=C(C)NC1C=C(C)O[C@@H](C(C)C(COC)OC)C1NC=C=O.C=C(C)NC1C=C(C)O[C@@H](C(O)C(O)CO)C1NC=C=O.COCC(OC)C(OC)[C@@H]1OC(C(=O)O)=CC(N=C(N)N)C1NC=C=O.[W]. The summed E-state index contributed by atoms with van der Waals surface area (Å²) in [6, 6.07) is -2.66. The number of guanidine groups is 1. The summed E-state index contributed by atoms with van der Waals surface area (Å²) in [4.78, 5) is 47.1. The van der Waals surface area contributed by atoms with Crippen molar-refractivity contribution in [2.24, 2.45) is 22.4 Å².